The van der Waals surface area contributed by atoms with Crippen LogP contribution in [0.25, 0.3) is 5.65 Å². The summed E-state index contributed by atoms with van der Waals surface area (Å²) in [6.07, 6.45) is 1.80. The average molecular weight is 317 g/mol. The second-order valence-electron chi connectivity index (χ2n) is 3.91. The lowest BCUT2D eigenvalue weighted by molar-refractivity contribution is 0.102. The number of hydrogen-bond acceptors (Lipinski definition) is 3. The Labute approximate surface area is 117 Å². The molecule has 0 aliphatic carbocycles. The van der Waals surface area contributed by atoms with Gasteiger partial charge in [-0.15, -0.1) is 10.2 Å². The molecule has 3 aromatic rings. The highest BCUT2D eigenvalue weighted by Crippen LogP contribution is 2.13. The molecule has 0 fully saturated rings. The standard InChI is InChI=1S/C13H9BrN4O/c14-10-6-4-9(5-7-10)12(19)15-13-17-16-11-3-1-2-8-18(11)13/h1-8H,(H,15,17,19). The largest absolute Gasteiger partial charge is 0.290 e. The highest BCUT2D eigenvalue weighted by molar-refractivity contribution is 9.10. The molecule has 1 N–H and O–H groups in total. The van der Waals surface area contributed by atoms with Crippen LogP contribution in [0.4, 0.5) is 5.95 Å². The van der Waals surface area contributed by atoms with Gasteiger partial charge in [-0.1, -0.05) is 22.0 Å². The summed E-state index contributed by atoms with van der Waals surface area (Å²) in [4.78, 5) is 12.1. The van der Waals surface area contributed by atoms with Gasteiger partial charge >= 0.3 is 0 Å². The molecule has 1 aromatic carbocycles. The number of hydrogen-bond donors (Lipinski definition) is 1. The molecule has 0 atom stereocenters. The summed E-state index contributed by atoms with van der Waals surface area (Å²) in [7, 11) is 0. The van der Waals surface area contributed by atoms with Crippen LogP contribution in [-0.4, -0.2) is 20.5 Å². The zero-order valence-electron chi connectivity index (χ0n) is 9.75. The molecular weight excluding hydrogens is 308 g/mol. The minimum Gasteiger partial charge on any atom is -0.290 e. The number of benzene rings is 1. The van der Waals surface area contributed by atoms with Gasteiger partial charge in [0.2, 0.25) is 5.95 Å². The van der Waals surface area contributed by atoms with Crippen LogP contribution in [0.1, 0.15) is 10.4 Å². The number of rotatable bonds is 2. The average Bonchev–Trinajstić information content (AvgIpc) is 2.83. The van der Waals surface area contributed by atoms with E-state index in [4.69, 9.17) is 0 Å². The maximum atomic E-state index is 12.1. The molecule has 0 saturated heterocycles. The van der Waals surface area contributed by atoms with E-state index in [1.165, 1.54) is 0 Å². The third-order valence-electron chi connectivity index (χ3n) is 2.65. The van der Waals surface area contributed by atoms with Crippen LogP contribution >= 0.6 is 15.9 Å². The fourth-order valence-corrected chi connectivity index (χ4v) is 1.97. The second kappa shape index (κ2) is 4.81. The normalized spacial score (nSPS) is 10.6. The highest BCUT2D eigenvalue weighted by atomic mass is 79.9. The number of carbonyl (C=O) groups is 1. The van der Waals surface area contributed by atoms with Gasteiger partial charge in [0.05, 0.1) is 0 Å². The molecule has 0 aliphatic rings. The molecule has 94 valence electrons. The fourth-order valence-electron chi connectivity index (χ4n) is 1.70. The summed E-state index contributed by atoms with van der Waals surface area (Å²) < 4.78 is 2.65. The number of anilines is 1. The van der Waals surface area contributed by atoms with Gasteiger partial charge in [-0.25, -0.2) is 0 Å². The summed E-state index contributed by atoms with van der Waals surface area (Å²) in [6.45, 7) is 0. The number of nitrogens with one attached hydrogen (secondary N) is 1. The van der Waals surface area contributed by atoms with Crippen molar-refractivity contribution in [3.8, 4) is 0 Å². The van der Waals surface area contributed by atoms with Gasteiger partial charge < -0.3 is 0 Å². The van der Waals surface area contributed by atoms with Crippen LogP contribution in [0.2, 0.25) is 0 Å². The van der Waals surface area contributed by atoms with E-state index < -0.39 is 0 Å². The Bertz CT molecular complexity index is 736. The van der Waals surface area contributed by atoms with Crippen LogP contribution in [-0.2, 0) is 0 Å². The Kier molecular flexibility index (Phi) is 3.00. The van der Waals surface area contributed by atoms with E-state index in [1.807, 2.05) is 30.3 Å². The van der Waals surface area contributed by atoms with Gasteiger partial charge in [-0.05, 0) is 36.4 Å². The van der Waals surface area contributed by atoms with Crippen molar-refractivity contribution in [2.45, 2.75) is 0 Å². The van der Waals surface area contributed by atoms with Crippen molar-refractivity contribution in [1.82, 2.24) is 14.6 Å². The Balaban J connectivity index is 1.89. The molecule has 3 rings (SSSR count). The molecular formula is C13H9BrN4O. The van der Waals surface area contributed by atoms with Gasteiger partial charge in [0.15, 0.2) is 5.65 Å². The lowest BCUT2D eigenvalue weighted by Gasteiger charge is -2.03. The second-order valence-corrected chi connectivity index (χ2v) is 4.83. The van der Waals surface area contributed by atoms with Crippen LogP contribution in [0.15, 0.2) is 53.1 Å². The first kappa shape index (κ1) is 11.9. The van der Waals surface area contributed by atoms with Gasteiger partial charge in [-0.2, -0.15) is 0 Å². The minimum absolute atomic E-state index is 0.217. The quantitative estimate of drug-likeness (QED) is 0.790. The predicted molar refractivity (Wildman–Crippen MR) is 75.1 cm³/mol. The molecule has 2 aromatic heterocycles. The van der Waals surface area contributed by atoms with Crippen molar-refractivity contribution in [1.29, 1.82) is 0 Å². The van der Waals surface area contributed by atoms with Crippen molar-refractivity contribution in [2.24, 2.45) is 0 Å². The molecule has 1 amide bonds. The van der Waals surface area contributed by atoms with Crippen molar-refractivity contribution >= 4 is 33.4 Å². The maximum absolute atomic E-state index is 12.1. The van der Waals surface area contributed by atoms with E-state index >= 15 is 0 Å². The number of amides is 1. The zero-order chi connectivity index (χ0) is 13.2. The summed E-state index contributed by atoms with van der Waals surface area (Å²) in [5.74, 6) is 0.189. The van der Waals surface area contributed by atoms with Crippen LogP contribution in [0, 0.1) is 0 Å². The van der Waals surface area contributed by atoms with Gasteiger partial charge in [0, 0.05) is 16.2 Å². The Morgan fingerprint density at radius 3 is 2.68 bits per heavy atom. The predicted octanol–water partition coefficient (Wildman–Crippen LogP) is 2.74. The topological polar surface area (TPSA) is 59.3 Å². The monoisotopic (exact) mass is 316 g/mol. The summed E-state index contributed by atoms with van der Waals surface area (Å²) in [6, 6.07) is 12.7. The van der Waals surface area contributed by atoms with Crippen molar-refractivity contribution in [3.05, 3.63) is 58.7 Å². The Morgan fingerprint density at radius 1 is 1.11 bits per heavy atom. The summed E-state index contributed by atoms with van der Waals surface area (Å²) in [5, 5.41) is 10.7. The van der Waals surface area contributed by atoms with Crippen LogP contribution in [0.5, 0.6) is 0 Å². The maximum Gasteiger partial charge on any atom is 0.258 e. The minimum atomic E-state index is -0.217. The number of carbonyl (C=O) groups excluding carboxylic acids is 1. The molecule has 0 aliphatic heterocycles. The Hall–Kier alpha value is -2.21. The molecule has 19 heavy (non-hydrogen) atoms. The third-order valence-corrected chi connectivity index (χ3v) is 3.17. The van der Waals surface area contributed by atoms with Crippen molar-refractivity contribution in [3.63, 3.8) is 0 Å². The number of pyridine rings is 1. The van der Waals surface area contributed by atoms with Crippen LogP contribution < -0.4 is 5.32 Å². The smallest absolute Gasteiger partial charge is 0.258 e. The lowest BCUT2D eigenvalue weighted by atomic mass is 10.2. The number of aromatic nitrogens is 3. The molecule has 0 spiro atoms. The van der Waals surface area contributed by atoms with Crippen molar-refractivity contribution in [2.75, 3.05) is 5.32 Å². The fraction of sp³-hybridized carbons (Fsp3) is 0. The van der Waals surface area contributed by atoms with Gasteiger partial charge in [0.1, 0.15) is 0 Å². The summed E-state index contributed by atoms with van der Waals surface area (Å²) >= 11 is 3.33. The van der Waals surface area contributed by atoms with Crippen LogP contribution in [0.3, 0.4) is 0 Å². The summed E-state index contributed by atoms with van der Waals surface area (Å²) in [5.41, 5.74) is 1.25. The van der Waals surface area contributed by atoms with E-state index in [0.29, 0.717) is 17.2 Å². The number of halogens is 1. The Morgan fingerprint density at radius 2 is 1.89 bits per heavy atom. The molecule has 2 heterocycles. The van der Waals surface area contributed by atoms with E-state index in [-0.39, 0.29) is 5.91 Å². The number of fused-ring (bicyclic) bond motifs is 1. The van der Waals surface area contributed by atoms with Gasteiger partial charge in [-0.3, -0.25) is 14.5 Å². The van der Waals surface area contributed by atoms with E-state index in [1.54, 1.807) is 22.7 Å². The van der Waals surface area contributed by atoms with Gasteiger partial charge in [0.25, 0.3) is 5.91 Å². The SMILES string of the molecule is O=C(Nc1nnc2ccccn12)c1ccc(Br)cc1. The molecule has 6 heteroatoms. The third kappa shape index (κ3) is 2.34. The van der Waals surface area contributed by atoms with E-state index in [2.05, 4.69) is 31.4 Å². The molecule has 0 saturated carbocycles. The number of nitrogens with zero attached hydrogens (tertiary/aromatic N) is 3. The molecule has 0 unspecified atom stereocenters. The molecule has 0 radical (unpaired) electrons. The zero-order valence-corrected chi connectivity index (χ0v) is 11.3. The highest BCUT2D eigenvalue weighted by Gasteiger charge is 2.10. The van der Waals surface area contributed by atoms with E-state index in [0.717, 1.165) is 4.47 Å². The molecule has 0 bridgehead atoms. The lowest BCUT2D eigenvalue weighted by Crippen LogP contribution is -2.14. The first-order valence-electron chi connectivity index (χ1n) is 5.61. The van der Waals surface area contributed by atoms with E-state index in [9.17, 15) is 4.79 Å². The first-order valence-corrected chi connectivity index (χ1v) is 6.40. The first-order chi connectivity index (χ1) is 9.24. The molecule has 5 nitrogen and oxygen atoms in total. The van der Waals surface area contributed by atoms with Crippen molar-refractivity contribution < 1.29 is 4.79 Å².